The molecule has 0 bridgehead atoms. The summed E-state index contributed by atoms with van der Waals surface area (Å²) in [5, 5.41) is 0. The summed E-state index contributed by atoms with van der Waals surface area (Å²) in [6.45, 7) is 5.15. The molecule has 1 aliphatic rings. The maximum absolute atomic E-state index is 12.4. The fourth-order valence-electron chi connectivity index (χ4n) is 2.18. The largest absolute Gasteiger partial charge is 0.402 e. The smallest absolute Gasteiger partial charge is 0.303 e. The molecule has 102 valence electrons. The van der Waals surface area contributed by atoms with Crippen LogP contribution in [0.2, 0.25) is 0 Å². The van der Waals surface area contributed by atoms with E-state index in [1.54, 1.807) is 7.05 Å². The molecule has 0 amide bonds. The van der Waals surface area contributed by atoms with Crippen molar-refractivity contribution >= 4 is 15.9 Å². The molecule has 0 radical (unpaired) electrons. The van der Waals surface area contributed by atoms with Gasteiger partial charge >= 0.3 is 6.18 Å². The molecule has 1 atom stereocenters. The number of hydrogen-bond acceptors (Lipinski definition) is 2. The Balaban J connectivity index is 2.36. The van der Waals surface area contributed by atoms with Gasteiger partial charge in [0.15, 0.2) is 0 Å². The first-order chi connectivity index (χ1) is 7.84. The highest BCUT2D eigenvalue weighted by Gasteiger charge is 2.39. The lowest BCUT2D eigenvalue weighted by atomic mass is 10.0. The van der Waals surface area contributed by atoms with E-state index in [-0.39, 0.29) is 12.6 Å². The van der Waals surface area contributed by atoms with Gasteiger partial charge in [-0.15, -0.1) is 0 Å². The zero-order valence-corrected chi connectivity index (χ0v) is 11.9. The maximum atomic E-state index is 12.4. The van der Waals surface area contributed by atoms with Gasteiger partial charge in [-0.25, -0.2) is 0 Å². The van der Waals surface area contributed by atoms with Crippen LogP contribution in [0.25, 0.3) is 0 Å². The predicted molar refractivity (Wildman–Crippen MR) is 66.5 cm³/mol. The first-order valence-corrected chi connectivity index (χ1v) is 6.89. The fourth-order valence-corrected chi connectivity index (χ4v) is 2.64. The van der Waals surface area contributed by atoms with Gasteiger partial charge in [-0.3, -0.25) is 0 Å². The van der Waals surface area contributed by atoms with E-state index >= 15 is 0 Å². The molecule has 0 aliphatic carbocycles. The molecule has 0 aromatic rings. The van der Waals surface area contributed by atoms with Crippen molar-refractivity contribution in [3.05, 3.63) is 0 Å². The Labute approximate surface area is 109 Å². The summed E-state index contributed by atoms with van der Waals surface area (Å²) in [6, 6.07) is 0.278. The quantitative estimate of drug-likeness (QED) is 0.736. The normalized spacial score (nSPS) is 22.1. The third kappa shape index (κ3) is 4.75. The van der Waals surface area contributed by atoms with Crippen molar-refractivity contribution in [2.24, 2.45) is 0 Å². The first-order valence-electron chi connectivity index (χ1n) is 5.98. The molecule has 1 fully saturated rings. The van der Waals surface area contributed by atoms with Gasteiger partial charge in [0.2, 0.25) is 0 Å². The first kappa shape index (κ1) is 15.2. The van der Waals surface area contributed by atoms with Gasteiger partial charge in [-0.1, -0.05) is 22.9 Å². The second-order valence-corrected chi connectivity index (χ2v) is 5.72. The van der Waals surface area contributed by atoms with E-state index in [0.717, 1.165) is 32.5 Å². The maximum Gasteiger partial charge on any atom is 0.402 e. The van der Waals surface area contributed by atoms with Crippen molar-refractivity contribution in [1.82, 2.24) is 9.80 Å². The Hall–Kier alpha value is 0.190. The highest BCUT2D eigenvalue weighted by molar-refractivity contribution is 9.09. The van der Waals surface area contributed by atoms with Crippen LogP contribution in [0, 0.1) is 0 Å². The molecule has 2 nitrogen and oxygen atoms in total. The van der Waals surface area contributed by atoms with Crippen LogP contribution >= 0.6 is 15.9 Å². The SMILES string of the molecule is CCN1CCC(N(C)CC(Br)C(F)(F)F)CC1. The minimum atomic E-state index is -4.15. The third-order valence-corrected chi connectivity index (χ3v) is 4.24. The molecule has 1 rings (SSSR count). The molecular weight excluding hydrogens is 297 g/mol. The number of alkyl halides is 4. The number of likely N-dealkylation sites (tertiary alicyclic amines) is 1. The number of nitrogens with zero attached hydrogens (tertiary/aromatic N) is 2. The van der Waals surface area contributed by atoms with Crippen LogP contribution in [0.5, 0.6) is 0 Å². The second kappa shape index (κ2) is 6.38. The van der Waals surface area contributed by atoms with E-state index in [2.05, 4.69) is 27.8 Å². The summed E-state index contributed by atoms with van der Waals surface area (Å²) >= 11 is 2.71. The van der Waals surface area contributed by atoms with Crippen molar-refractivity contribution in [1.29, 1.82) is 0 Å². The van der Waals surface area contributed by atoms with Crippen LogP contribution in [-0.2, 0) is 0 Å². The lowest BCUT2D eigenvalue weighted by molar-refractivity contribution is -0.131. The Bertz CT molecular complexity index is 227. The summed E-state index contributed by atoms with van der Waals surface area (Å²) < 4.78 is 37.2. The Morgan fingerprint density at radius 3 is 2.29 bits per heavy atom. The van der Waals surface area contributed by atoms with Gasteiger partial charge in [0.1, 0.15) is 4.83 Å². The molecule has 17 heavy (non-hydrogen) atoms. The Morgan fingerprint density at radius 1 is 1.35 bits per heavy atom. The third-order valence-electron chi connectivity index (χ3n) is 3.43. The van der Waals surface area contributed by atoms with Crippen LogP contribution in [0.15, 0.2) is 0 Å². The van der Waals surface area contributed by atoms with Crippen molar-refractivity contribution in [3.63, 3.8) is 0 Å². The van der Waals surface area contributed by atoms with Crippen molar-refractivity contribution in [3.8, 4) is 0 Å². The summed E-state index contributed by atoms with van der Waals surface area (Å²) in [5.74, 6) is 0. The number of hydrogen-bond donors (Lipinski definition) is 0. The summed E-state index contributed by atoms with van der Waals surface area (Å²) in [5.41, 5.74) is 0. The minimum Gasteiger partial charge on any atom is -0.303 e. The lowest BCUT2D eigenvalue weighted by Crippen LogP contribution is -2.46. The van der Waals surface area contributed by atoms with E-state index in [4.69, 9.17) is 0 Å². The molecule has 1 aliphatic heterocycles. The molecule has 1 unspecified atom stereocenters. The van der Waals surface area contributed by atoms with Crippen LogP contribution in [0.1, 0.15) is 19.8 Å². The Morgan fingerprint density at radius 2 is 1.88 bits per heavy atom. The molecule has 0 aromatic carbocycles. The van der Waals surface area contributed by atoms with Crippen molar-refractivity contribution in [2.75, 3.05) is 33.2 Å². The molecule has 1 heterocycles. The van der Waals surface area contributed by atoms with Crippen molar-refractivity contribution in [2.45, 2.75) is 36.8 Å². The number of rotatable bonds is 4. The van der Waals surface area contributed by atoms with Crippen LogP contribution < -0.4 is 0 Å². The molecular formula is C11H20BrF3N2. The van der Waals surface area contributed by atoms with Crippen LogP contribution in [0.3, 0.4) is 0 Å². The number of piperidine rings is 1. The molecule has 0 saturated carbocycles. The average Bonchev–Trinajstić information content (AvgIpc) is 2.27. The average molecular weight is 317 g/mol. The van der Waals surface area contributed by atoms with Gasteiger partial charge in [-0.2, -0.15) is 13.2 Å². The van der Waals surface area contributed by atoms with E-state index in [1.807, 2.05) is 4.90 Å². The minimum absolute atomic E-state index is 0.0281. The second-order valence-electron chi connectivity index (χ2n) is 4.61. The predicted octanol–water partition coefficient (Wildman–Crippen LogP) is 2.73. The van der Waals surface area contributed by atoms with Gasteiger partial charge in [0, 0.05) is 12.6 Å². The van der Waals surface area contributed by atoms with E-state index in [1.165, 1.54) is 0 Å². The molecule has 6 heteroatoms. The topological polar surface area (TPSA) is 6.48 Å². The van der Waals surface area contributed by atoms with Crippen LogP contribution in [-0.4, -0.2) is 60.1 Å². The van der Waals surface area contributed by atoms with Gasteiger partial charge in [0.25, 0.3) is 0 Å². The monoisotopic (exact) mass is 316 g/mol. The highest BCUT2D eigenvalue weighted by atomic mass is 79.9. The van der Waals surface area contributed by atoms with Gasteiger partial charge in [0.05, 0.1) is 0 Å². The van der Waals surface area contributed by atoms with E-state index < -0.39 is 11.0 Å². The molecule has 0 spiro atoms. The lowest BCUT2D eigenvalue weighted by Gasteiger charge is -2.37. The van der Waals surface area contributed by atoms with E-state index in [9.17, 15) is 13.2 Å². The zero-order valence-electron chi connectivity index (χ0n) is 10.3. The molecule has 1 saturated heterocycles. The summed E-state index contributed by atoms with van der Waals surface area (Å²) in [6.07, 6.45) is -2.23. The fraction of sp³-hybridized carbons (Fsp3) is 1.00. The van der Waals surface area contributed by atoms with Crippen molar-refractivity contribution < 1.29 is 13.2 Å². The van der Waals surface area contributed by atoms with Gasteiger partial charge < -0.3 is 9.80 Å². The summed E-state index contributed by atoms with van der Waals surface area (Å²) in [4.78, 5) is 2.74. The molecule has 0 aromatic heterocycles. The van der Waals surface area contributed by atoms with Crippen LogP contribution in [0.4, 0.5) is 13.2 Å². The van der Waals surface area contributed by atoms with Gasteiger partial charge in [-0.05, 0) is 39.5 Å². The summed E-state index contributed by atoms with van der Waals surface area (Å²) in [7, 11) is 1.78. The standard InChI is InChI=1S/C11H20BrF3N2/c1-3-17-6-4-9(5-7-17)16(2)8-10(12)11(13,14)15/h9-10H,3-8H2,1-2H3. The van der Waals surface area contributed by atoms with E-state index in [0.29, 0.717) is 0 Å². The highest BCUT2D eigenvalue weighted by Crippen LogP contribution is 2.28. The zero-order chi connectivity index (χ0) is 13.1. The Kier molecular flexibility index (Phi) is 5.73. The number of halogens is 4. The molecule has 0 N–H and O–H groups in total.